The van der Waals surface area contributed by atoms with Gasteiger partial charge in [-0.05, 0) is 25.1 Å². The fourth-order valence-electron chi connectivity index (χ4n) is 2.57. The van der Waals surface area contributed by atoms with Gasteiger partial charge in [-0.15, -0.1) is 0 Å². The van der Waals surface area contributed by atoms with Crippen LogP contribution in [0, 0.1) is 5.92 Å². The van der Waals surface area contributed by atoms with Crippen LogP contribution in [-0.4, -0.2) is 42.8 Å². The summed E-state index contributed by atoms with van der Waals surface area (Å²) in [4.78, 5) is 26.9. The maximum atomic E-state index is 12.8. The molecule has 4 nitrogen and oxygen atoms in total. The van der Waals surface area contributed by atoms with E-state index in [4.69, 9.17) is 11.6 Å². The summed E-state index contributed by atoms with van der Waals surface area (Å²) in [6.07, 6.45) is -2.60. The zero-order valence-corrected chi connectivity index (χ0v) is 12.9. The first-order valence-corrected chi connectivity index (χ1v) is 7.43. The van der Waals surface area contributed by atoms with Crippen molar-refractivity contribution in [3.8, 4) is 0 Å². The molecule has 0 unspecified atom stereocenters. The molecule has 0 spiro atoms. The van der Waals surface area contributed by atoms with Crippen molar-refractivity contribution in [2.75, 3.05) is 24.5 Å². The van der Waals surface area contributed by atoms with Crippen LogP contribution < -0.4 is 4.90 Å². The third-order valence-corrected chi connectivity index (χ3v) is 3.89. The van der Waals surface area contributed by atoms with Crippen molar-refractivity contribution in [2.24, 2.45) is 5.92 Å². The average molecular weight is 331 g/mol. The van der Waals surface area contributed by atoms with E-state index in [1.165, 1.54) is 6.07 Å². The minimum absolute atomic E-state index is 0.0625. The van der Waals surface area contributed by atoms with Gasteiger partial charge in [-0.2, -0.15) is 0 Å². The summed E-state index contributed by atoms with van der Waals surface area (Å²) in [5.74, 6) is -1.18. The molecule has 0 bridgehead atoms. The summed E-state index contributed by atoms with van der Waals surface area (Å²) >= 11 is 5.87. The van der Waals surface area contributed by atoms with E-state index in [-0.39, 0.29) is 18.9 Å². The molecule has 0 radical (unpaired) electrons. The lowest BCUT2D eigenvalue weighted by atomic mass is 10.1. The largest absolute Gasteiger partial charge is 0.342 e. The standard InChI is InChI=1S/C15H17ClF2N2O2/c1-2-19-8-10(6-14(19)21)15(22)20(9-13(17)18)12-5-3-4-11(16)7-12/h3-5,7,10,13H,2,6,8-9H2,1H3/t10-/m1/s1. The fourth-order valence-corrected chi connectivity index (χ4v) is 2.75. The lowest BCUT2D eigenvalue weighted by Gasteiger charge is -2.25. The summed E-state index contributed by atoms with van der Waals surface area (Å²) in [5, 5.41) is 0.363. The van der Waals surface area contributed by atoms with Crippen LogP contribution in [0.2, 0.25) is 5.02 Å². The van der Waals surface area contributed by atoms with Crippen molar-refractivity contribution in [1.82, 2.24) is 4.90 Å². The van der Waals surface area contributed by atoms with Crippen molar-refractivity contribution in [2.45, 2.75) is 19.8 Å². The molecule has 1 atom stereocenters. The van der Waals surface area contributed by atoms with Crippen LogP contribution in [0.15, 0.2) is 24.3 Å². The first-order valence-electron chi connectivity index (χ1n) is 7.05. The molecule has 2 amide bonds. The second-order valence-electron chi connectivity index (χ2n) is 5.15. The highest BCUT2D eigenvalue weighted by Gasteiger charge is 2.36. The molecule has 0 N–H and O–H groups in total. The maximum absolute atomic E-state index is 12.8. The van der Waals surface area contributed by atoms with E-state index >= 15 is 0 Å². The lowest BCUT2D eigenvalue weighted by molar-refractivity contribution is -0.128. The quantitative estimate of drug-likeness (QED) is 0.833. The van der Waals surface area contributed by atoms with Gasteiger partial charge in [0.1, 0.15) is 0 Å². The van der Waals surface area contributed by atoms with Crippen molar-refractivity contribution >= 4 is 29.1 Å². The highest BCUT2D eigenvalue weighted by Crippen LogP contribution is 2.26. The summed E-state index contributed by atoms with van der Waals surface area (Å²) in [5.41, 5.74) is 0.320. The Kier molecular flexibility index (Phi) is 5.34. The van der Waals surface area contributed by atoms with Gasteiger partial charge in [0.05, 0.1) is 12.5 Å². The predicted octanol–water partition coefficient (Wildman–Crippen LogP) is 2.81. The normalized spacial score (nSPS) is 18.1. The number of nitrogens with zero attached hydrogens (tertiary/aromatic N) is 2. The van der Waals surface area contributed by atoms with Crippen LogP contribution in [0.25, 0.3) is 0 Å². The lowest BCUT2D eigenvalue weighted by Crippen LogP contribution is -2.40. The number of benzene rings is 1. The SMILES string of the molecule is CCN1C[C@H](C(=O)N(CC(F)F)c2cccc(Cl)c2)CC1=O. The Morgan fingerprint density at radius 1 is 1.50 bits per heavy atom. The van der Waals surface area contributed by atoms with Crippen molar-refractivity contribution in [1.29, 1.82) is 0 Å². The van der Waals surface area contributed by atoms with E-state index in [0.717, 1.165) is 4.90 Å². The highest BCUT2D eigenvalue weighted by molar-refractivity contribution is 6.30. The van der Waals surface area contributed by atoms with Crippen LogP contribution in [0.4, 0.5) is 14.5 Å². The molecule has 1 aliphatic rings. The zero-order chi connectivity index (χ0) is 16.3. The van der Waals surface area contributed by atoms with Crippen molar-refractivity contribution < 1.29 is 18.4 Å². The number of hydrogen-bond donors (Lipinski definition) is 0. The Morgan fingerprint density at radius 2 is 2.23 bits per heavy atom. The Labute approximate surface area is 132 Å². The van der Waals surface area contributed by atoms with E-state index in [2.05, 4.69) is 0 Å². The van der Waals surface area contributed by atoms with E-state index in [0.29, 0.717) is 17.3 Å². The van der Waals surface area contributed by atoms with Gasteiger partial charge in [-0.25, -0.2) is 8.78 Å². The Hall–Kier alpha value is -1.69. The molecule has 1 aromatic rings. The summed E-state index contributed by atoms with van der Waals surface area (Å²) < 4.78 is 25.7. The molecule has 22 heavy (non-hydrogen) atoms. The molecule has 1 heterocycles. The van der Waals surface area contributed by atoms with Gasteiger partial charge in [0, 0.05) is 30.2 Å². The molecular formula is C15H17ClF2N2O2. The minimum Gasteiger partial charge on any atom is -0.342 e. The predicted molar refractivity (Wildman–Crippen MR) is 80.2 cm³/mol. The fraction of sp³-hybridized carbons (Fsp3) is 0.467. The summed E-state index contributed by atoms with van der Waals surface area (Å²) in [6, 6.07) is 6.23. The summed E-state index contributed by atoms with van der Waals surface area (Å²) in [7, 11) is 0. The van der Waals surface area contributed by atoms with E-state index in [9.17, 15) is 18.4 Å². The molecular weight excluding hydrogens is 314 g/mol. The number of likely N-dealkylation sites (tertiary alicyclic amines) is 1. The van der Waals surface area contributed by atoms with Crippen LogP contribution in [0.3, 0.4) is 0 Å². The molecule has 0 aromatic heterocycles. The van der Waals surface area contributed by atoms with E-state index < -0.39 is 24.8 Å². The van der Waals surface area contributed by atoms with Crippen molar-refractivity contribution in [3.63, 3.8) is 0 Å². The first-order chi connectivity index (χ1) is 10.4. The van der Waals surface area contributed by atoms with Gasteiger partial charge >= 0.3 is 0 Å². The second-order valence-corrected chi connectivity index (χ2v) is 5.59. The zero-order valence-electron chi connectivity index (χ0n) is 12.1. The van der Waals surface area contributed by atoms with Gasteiger partial charge in [0.15, 0.2) is 0 Å². The number of rotatable bonds is 5. The second kappa shape index (κ2) is 7.05. The summed E-state index contributed by atoms with van der Waals surface area (Å²) in [6.45, 7) is 1.89. The number of amides is 2. The van der Waals surface area contributed by atoms with Crippen LogP contribution in [-0.2, 0) is 9.59 Å². The van der Waals surface area contributed by atoms with E-state index in [1.807, 2.05) is 6.92 Å². The average Bonchev–Trinajstić information content (AvgIpc) is 2.85. The Bertz CT molecular complexity index is 568. The molecule has 7 heteroatoms. The van der Waals surface area contributed by atoms with Gasteiger partial charge in [-0.3, -0.25) is 9.59 Å². The number of carbonyl (C=O) groups is 2. The number of halogens is 3. The Morgan fingerprint density at radius 3 is 2.77 bits per heavy atom. The van der Waals surface area contributed by atoms with Gasteiger partial charge in [-0.1, -0.05) is 17.7 Å². The molecule has 1 fully saturated rings. The molecule has 1 aliphatic heterocycles. The number of hydrogen-bond acceptors (Lipinski definition) is 2. The van der Waals surface area contributed by atoms with Crippen LogP contribution in [0.1, 0.15) is 13.3 Å². The first kappa shape index (κ1) is 16.7. The molecule has 2 rings (SSSR count). The third kappa shape index (κ3) is 3.74. The third-order valence-electron chi connectivity index (χ3n) is 3.65. The topological polar surface area (TPSA) is 40.6 Å². The molecule has 0 saturated carbocycles. The van der Waals surface area contributed by atoms with E-state index in [1.54, 1.807) is 23.1 Å². The molecule has 0 aliphatic carbocycles. The van der Waals surface area contributed by atoms with Crippen LogP contribution in [0.5, 0.6) is 0 Å². The number of carbonyl (C=O) groups excluding carboxylic acids is 2. The highest BCUT2D eigenvalue weighted by atomic mass is 35.5. The van der Waals surface area contributed by atoms with Crippen molar-refractivity contribution in [3.05, 3.63) is 29.3 Å². The smallest absolute Gasteiger partial charge is 0.256 e. The Balaban J connectivity index is 2.22. The number of anilines is 1. The van der Waals surface area contributed by atoms with Crippen LogP contribution >= 0.6 is 11.6 Å². The molecule has 120 valence electrons. The number of alkyl halides is 2. The monoisotopic (exact) mass is 330 g/mol. The van der Waals surface area contributed by atoms with Gasteiger partial charge < -0.3 is 9.80 Å². The minimum atomic E-state index is -2.66. The molecule has 1 aromatic carbocycles. The van der Waals surface area contributed by atoms with Gasteiger partial charge in [0.25, 0.3) is 6.43 Å². The van der Waals surface area contributed by atoms with Gasteiger partial charge in [0.2, 0.25) is 11.8 Å². The molecule has 1 saturated heterocycles. The maximum Gasteiger partial charge on any atom is 0.256 e.